The van der Waals surface area contributed by atoms with E-state index in [1.54, 1.807) is 0 Å². The molecule has 4 aliphatic carbocycles. The topological polar surface area (TPSA) is 20.2 Å². The molecule has 3 fully saturated rings. The van der Waals surface area contributed by atoms with E-state index >= 15 is 0 Å². The van der Waals surface area contributed by atoms with E-state index in [0.29, 0.717) is 22.7 Å². The Morgan fingerprint density at radius 3 is 2.38 bits per heavy atom. The highest BCUT2D eigenvalue weighted by molar-refractivity contribution is 5.28. The van der Waals surface area contributed by atoms with Gasteiger partial charge >= 0.3 is 0 Å². The van der Waals surface area contributed by atoms with Gasteiger partial charge in [0.2, 0.25) is 0 Å². The second-order valence-corrected chi connectivity index (χ2v) is 12.7. The Morgan fingerprint density at radius 2 is 1.66 bits per heavy atom. The molecular weight excluding hydrogens is 352 g/mol. The van der Waals surface area contributed by atoms with Crippen LogP contribution < -0.4 is 0 Å². The third-order valence-electron chi connectivity index (χ3n) is 10.8. The summed E-state index contributed by atoms with van der Waals surface area (Å²) in [5.41, 5.74) is 2.85. The summed E-state index contributed by atoms with van der Waals surface area (Å²) >= 11 is 0. The number of allylic oxidation sites excluding steroid dienone is 2. The second kappa shape index (κ2) is 7.99. The first-order valence-corrected chi connectivity index (χ1v) is 13.1. The minimum atomic E-state index is -0.0700. The van der Waals surface area contributed by atoms with E-state index in [2.05, 4.69) is 47.6 Å². The third kappa shape index (κ3) is 3.56. The van der Waals surface area contributed by atoms with E-state index < -0.39 is 0 Å². The van der Waals surface area contributed by atoms with Gasteiger partial charge in [0.25, 0.3) is 0 Å². The average molecular weight is 401 g/mol. The molecule has 1 N–H and O–H groups in total. The first-order valence-electron chi connectivity index (χ1n) is 13.1. The molecular formula is C28H48O. The quantitative estimate of drug-likeness (QED) is 0.470. The highest BCUT2D eigenvalue weighted by Gasteiger charge is 2.59. The Hall–Kier alpha value is -0.300. The van der Waals surface area contributed by atoms with Gasteiger partial charge in [0.05, 0.1) is 6.10 Å². The third-order valence-corrected chi connectivity index (χ3v) is 10.8. The van der Waals surface area contributed by atoms with Crippen LogP contribution in [0.5, 0.6) is 0 Å². The molecule has 0 saturated heterocycles. The lowest BCUT2D eigenvalue weighted by Gasteiger charge is -2.59. The maximum Gasteiger partial charge on any atom is 0.0568 e. The maximum absolute atomic E-state index is 10.5. The summed E-state index contributed by atoms with van der Waals surface area (Å²) < 4.78 is 0. The van der Waals surface area contributed by atoms with E-state index in [0.717, 1.165) is 36.0 Å². The predicted octanol–water partition coefficient (Wildman–Crippen LogP) is 7.63. The van der Waals surface area contributed by atoms with Gasteiger partial charge in [-0.05, 0) is 97.2 Å². The highest BCUT2D eigenvalue weighted by atomic mass is 16.3. The van der Waals surface area contributed by atoms with E-state index in [4.69, 9.17) is 0 Å². The lowest BCUT2D eigenvalue weighted by Crippen LogP contribution is -2.52. The first-order chi connectivity index (χ1) is 13.7. The second-order valence-electron chi connectivity index (χ2n) is 12.7. The van der Waals surface area contributed by atoms with Crippen LogP contribution in [0, 0.1) is 52.3 Å². The molecule has 9 atom stereocenters. The number of fused-ring (bicyclic) bond motifs is 5. The number of aliphatic hydroxyl groups excluding tert-OH is 1. The molecule has 0 radical (unpaired) electrons. The Bertz CT molecular complexity index is 620. The smallest absolute Gasteiger partial charge is 0.0568 e. The zero-order chi connectivity index (χ0) is 21.0. The maximum atomic E-state index is 10.5. The van der Waals surface area contributed by atoms with Crippen LogP contribution in [0.25, 0.3) is 0 Å². The van der Waals surface area contributed by atoms with Crippen molar-refractivity contribution in [3.8, 4) is 0 Å². The molecule has 0 aliphatic heterocycles. The van der Waals surface area contributed by atoms with Crippen molar-refractivity contribution in [2.45, 2.75) is 112 Å². The Balaban J connectivity index is 1.52. The fourth-order valence-electron chi connectivity index (χ4n) is 8.97. The lowest BCUT2D eigenvalue weighted by molar-refractivity contribution is -0.0773. The van der Waals surface area contributed by atoms with Crippen LogP contribution in [0.3, 0.4) is 0 Å². The summed E-state index contributed by atoms with van der Waals surface area (Å²) in [4.78, 5) is 0. The van der Waals surface area contributed by atoms with E-state index in [-0.39, 0.29) is 6.10 Å². The molecule has 1 heteroatoms. The van der Waals surface area contributed by atoms with Crippen molar-refractivity contribution in [3.05, 3.63) is 11.6 Å². The zero-order valence-electron chi connectivity index (χ0n) is 20.2. The number of hydrogen-bond donors (Lipinski definition) is 1. The van der Waals surface area contributed by atoms with Crippen molar-refractivity contribution in [1.29, 1.82) is 0 Å². The summed E-state index contributed by atoms with van der Waals surface area (Å²) in [6, 6.07) is 0. The molecule has 0 amide bonds. The molecule has 29 heavy (non-hydrogen) atoms. The van der Waals surface area contributed by atoms with Crippen molar-refractivity contribution < 1.29 is 5.11 Å². The Morgan fingerprint density at radius 1 is 0.966 bits per heavy atom. The Kier molecular flexibility index (Phi) is 6.04. The number of hydrogen-bond acceptors (Lipinski definition) is 1. The Labute approximate surface area is 181 Å². The fourth-order valence-corrected chi connectivity index (χ4v) is 8.97. The van der Waals surface area contributed by atoms with Gasteiger partial charge in [-0.15, -0.1) is 0 Å². The van der Waals surface area contributed by atoms with Gasteiger partial charge in [-0.1, -0.05) is 72.5 Å². The summed E-state index contributed by atoms with van der Waals surface area (Å²) in [6.07, 6.45) is 16.1. The van der Waals surface area contributed by atoms with Crippen LogP contribution in [0.15, 0.2) is 11.6 Å². The predicted molar refractivity (Wildman–Crippen MR) is 124 cm³/mol. The van der Waals surface area contributed by atoms with E-state index in [9.17, 15) is 5.11 Å². The van der Waals surface area contributed by atoms with Crippen LogP contribution in [0.2, 0.25) is 0 Å². The fraction of sp³-hybridized carbons (Fsp3) is 0.929. The molecule has 1 nitrogen and oxygen atoms in total. The van der Waals surface area contributed by atoms with Gasteiger partial charge in [-0.3, -0.25) is 0 Å². The zero-order valence-corrected chi connectivity index (χ0v) is 20.2. The monoisotopic (exact) mass is 400 g/mol. The van der Waals surface area contributed by atoms with Crippen molar-refractivity contribution in [2.75, 3.05) is 0 Å². The lowest BCUT2D eigenvalue weighted by atomic mass is 9.46. The van der Waals surface area contributed by atoms with E-state index in [1.807, 2.05) is 5.57 Å². The molecule has 0 spiro atoms. The molecule has 4 rings (SSSR count). The van der Waals surface area contributed by atoms with Crippen LogP contribution in [0.1, 0.15) is 106 Å². The molecule has 0 unspecified atom stereocenters. The summed E-state index contributed by atoms with van der Waals surface area (Å²) in [5.74, 6) is 5.47. The minimum Gasteiger partial charge on any atom is -0.393 e. The van der Waals surface area contributed by atoms with Crippen molar-refractivity contribution >= 4 is 0 Å². The van der Waals surface area contributed by atoms with Crippen molar-refractivity contribution in [3.63, 3.8) is 0 Å². The molecule has 0 heterocycles. The average Bonchev–Trinajstić information content (AvgIpc) is 3.02. The SMILES string of the molecule is CC(C)CCC[C@@H](C)[C@H]1CC[C@H]2C3=CC[C@H]4[C@H](C)[C@@H](O)CC[C@]4(C)[C@H]3CC[C@]12C. The molecule has 3 saturated carbocycles. The number of rotatable bonds is 5. The molecule has 4 aliphatic rings. The standard InChI is InChI=1S/C28H48O/c1-18(2)8-7-9-19(3)22-12-13-24-21-10-11-23-20(4)26(29)15-17-28(23,6)25(21)14-16-27(22,24)5/h10,18-20,22-26,29H,7-9,11-17H2,1-6H3/t19-,20+,22-,23+,24+,25+,26+,27-,28+/m1/s1. The number of aliphatic hydroxyl groups is 1. The molecule has 0 aromatic carbocycles. The largest absolute Gasteiger partial charge is 0.393 e. The van der Waals surface area contributed by atoms with Crippen molar-refractivity contribution in [1.82, 2.24) is 0 Å². The molecule has 166 valence electrons. The first kappa shape index (κ1) is 21.9. The van der Waals surface area contributed by atoms with Crippen LogP contribution in [-0.2, 0) is 0 Å². The van der Waals surface area contributed by atoms with Crippen molar-refractivity contribution in [2.24, 2.45) is 52.3 Å². The minimum absolute atomic E-state index is 0.0700. The van der Waals surface area contributed by atoms with Gasteiger partial charge in [-0.25, -0.2) is 0 Å². The van der Waals surface area contributed by atoms with Crippen LogP contribution in [0.4, 0.5) is 0 Å². The molecule has 0 bridgehead atoms. The van der Waals surface area contributed by atoms with Crippen LogP contribution in [-0.4, -0.2) is 11.2 Å². The van der Waals surface area contributed by atoms with Gasteiger partial charge in [0.15, 0.2) is 0 Å². The summed E-state index contributed by atoms with van der Waals surface area (Å²) in [6.45, 7) is 14.9. The van der Waals surface area contributed by atoms with E-state index in [1.165, 1.54) is 57.8 Å². The highest BCUT2D eigenvalue weighted by Crippen LogP contribution is 2.67. The molecule has 0 aromatic heterocycles. The van der Waals surface area contributed by atoms with Gasteiger partial charge in [0.1, 0.15) is 0 Å². The summed E-state index contributed by atoms with van der Waals surface area (Å²) in [7, 11) is 0. The van der Waals surface area contributed by atoms with Gasteiger partial charge in [-0.2, -0.15) is 0 Å². The van der Waals surface area contributed by atoms with Crippen LogP contribution >= 0.6 is 0 Å². The van der Waals surface area contributed by atoms with Gasteiger partial charge < -0.3 is 5.11 Å². The summed E-state index contributed by atoms with van der Waals surface area (Å²) in [5, 5.41) is 10.5. The van der Waals surface area contributed by atoms with Gasteiger partial charge in [0, 0.05) is 0 Å². The normalized spacial score (nSPS) is 47.9. The molecule has 0 aromatic rings.